The summed E-state index contributed by atoms with van der Waals surface area (Å²) in [6.07, 6.45) is 3.38. The van der Waals surface area contributed by atoms with E-state index in [1.807, 2.05) is 0 Å². The molecule has 0 radical (unpaired) electrons. The van der Waals surface area contributed by atoms with Gasteiger partial charge in [-0.25, -0.2) is 44.6 Å². The van der Waals surface area contributed by atoms with Gasteiger partial charge in [-0.05, 0) is 30.7 Å². The Morgan fingerprint density at radius 1 is 0.491 bits per heavy atom. The number of amides is 2. The van der Waals surface area contributed by atoms with Gasteiger partial charge in [0.2, 0.25) is 0 Å². The number of benzene rings is 1. The van der Waals surface area contributed by atoms with Gasteiger partial charge in [-0.15, -0.1) is 0 Å². The molecule has 308 valence electrons. The third kappa shape index (κ3) is 17.0. The maximum Gasteiger partial charge on any atom is 0.423 e. The van der Waals surface area contributed by atoms with E-state index in [-0.39, 0.29) is 5.69 Å². The van der Waals surface area contributed by atoms with Gasteiger partial charge in [0.15, 0.2) is 0 Å². The van der Waals surface area contributed by atoms with Crippen molar-refractivity contribution in [1.29, 1.82) is 0 Å². The van der Waals surface area contributed by atoms with Gasteiger partial charge in [-0.3, -0.25) is 0 Å². The van der Waals surface area contributed by atoms with E-state index in [2.05, 4.69) is 39.5 Å². The summed E-state index contributed by atoms with van der Waals surface area (Å²) in [5.41, 5.74) is -2.11. The van der Waals surface area contributed by atoms with Gasteiger partial charge in [0, 0.05) is 36.5 Å². The average molecular weight is 1020 g/mol. The van der Waals surface area contributed by atoms with Crippen LogP contribution < -0.4 is 6.23 Å². The van der Waals surface area contributed by atoms with Crippen LogP contribution in [0.15, 0.2) is 94.1 Å². The normalized spacial score (nSPS) is 10.5. The van der Waals surface area contributed by atoms with Crippen LogP contribution in [0.25, 0.3) is 0 Å². The Morgan fingerprint density at radius 3 is 1.02 bits per heavy atom. The van der Waals surface area contributed by atoms with Crippen molar-refractivity contribution in [1.82, 2.24) is 0 Å². The molecule has 20 heteroatoms. The van der Waals surface area contributed by atoms with Gasteiger partial charge in [-0.1, -0.05) is 39.5 Å². The summed E-state index contributed by atoms with van der Waals surface area (Å²) >= 11 is 3.32. The molecule has 0 saturated heterocycles. The zero-order valence-corrected chi connectivity index (χ0v) is 35.1. The molecule has 0 spiro atoms. The Labute approximate surface area is 356 Å². The second-order valence-electron chi connectivity index (χ2n) is 11.5. The highest BCUT2D eigenvalue weighted by molar-refractivity contribution is 14.1. The SMILES string of the molecule is C=CC(=O)OCC(COC(=O)C=C)(COC(=O)C=C)COC(=O)N(I)c1ccc(N(I)C(=O)OCC(COC(=O)C=C)(COC(=O)C=C)COC(=O)C=C)c(C)c1. The molecule has 0 unspecified atom stereocenters. The number of esters is 6. The second kappa shape index (κ2) is 24.9. The summed E-state index contributed by atoms with van der Waals surface area (Å²) in [5.74, 6) is -5.13. The molecular formula is C37H40I2N2O16. The molecule has 0 fully saturated rings. The minimum absolute atomic E-state index is 0.274. The maximum absolute atomic E-state index is 13.3. The van der Waals surface area contributed by atoms with Crippen LogP contribution in [-0.4, -0.2) is 101 Å². The lowest BCUT2D eigenvalue weighted by Crippen LogP contribution is -2.44. The Kier molecular flexibility index (Phi) is 21.6. The number of rotatable bonds is 24. The number of aryl methyl sites for hydroxylation is 1. The van der Waals surface area contributed by atoms with E-state index in [0.717, 1.165) is 42.7 Å². The number of nitrogens with zero attached hydrogens (tertiary/aromatic N) is 2. The molecule has 57 heavy (non-hydrogen) atoms. The number of halogens is 2. The number of carbonyl (C=O) groups excluding carboxylic acids is 8. The minimum Gasteiger partial charge on any atom is -0.462 e. The highest BCUT2D eigenvalue weighted by Gasteiger charge is 2.39. The summed E-state index contributed by atoms with van der Waals surface area (Å²) in [6.45, 7) is 17.2. The van der Waals surface area contributed by atoms with Crippen molar-refractivity contribution in [2.45, 2.75) is 6.92 Å². The van der Waals surface area contributed by atoms with Crippen molar-refractivity contribution in [3.63, 3.8) is 0 Å². The van der Waals surface area contributed by atoms with Gasteiger partial charge in [0.1, 0.15) is 63.7 Å². The Morgan fingerprint density at radius 2 is 0.754 bits per heavy atom. The first kappa shape index (κ1) is 49.5. The number of carbonyl (C=O) groups is 8. The van der Waals surface area contributed by atoms with Crippen LogP contribution in [0.3, 0.4) is 0 Å². The van der Waals surface area contributed by atoms with Gasteiger partial charge >= 0.3 is 48.0 Å². The topological polar surface area (TPSA) is 217 Å². The molecule has 0 aliphatic carbocycles. The molecule has 0 bridgehead atoms. The monoisotopic (exact) mass is 1020 g/mol. The third-order valence-corrected chi connectivity index (χ3v) is 8.93. The standard InChI is InChI=1S/C37H40I2N2O16/c1-8-28(42)50-17-36(18-51-29(43)9-2,19-52-30(44)10-3)23-56-34(48)40(38)26-14-15-27(25(7)16-26)41(39)35(49)57-24-37(20-53-31(45)11-4,21-54-32(46)12-5)22-55-33(47)13-6/h8-16H,1-6,17-24H2,7H3. The summed E-state index contributed by atoms with van der Waals surface area (Å²) in [4.78, 5) is 97.9. The van der Waals surface area contributed by atoms with Crippen molar-refractivity contribution in [3.8, 4) is 0 Å². The van der Waals surface area contributed by atoms with Crippen molar-refractivity contribution in [2.75, 3.05) is 59.1 Å². The lowest BCUT2D eigenvalue weighted by Gasteiger charge is -2.32. The zero-order valence-electron chi connectivity index (χ0n) is 30.8. The van der Waals surface area contributed by atoms with Crippen LogP contribution in [0.1, 0.15) is 5.56 Å². The van der Waals surface area contributed by atoms with Crippen molar-refractivity contribution < 1.29 is 76.3 Å². The molecule has 0 aliphatic rings. The first-order chi connectivity index (χ1) is 26.9. The van der Waals surface area contributed by atoms with Gasteiger partial charge in [0.25, 0.3) is 0 Å². The first-order valence-electron chi connectivity index (χ1n) is 16.1. The summed E-state index contributed by atoms with van der Waals surface area (Å²) in [6, 6.07) is 4.48. The van der Waals surface area contributed by atoms with Gasteiger partial charge < -0.3 is 37.9 Å². The fraction of sp³-hybridized carbons (Fsp3) is 0.297. The number of hydrogen-bond donors (Lipinski definition) is 0. The predicted octanol–water partition coefficient (Wildman–Crippen LogP) is 4.93. The van der Waals surface area contributed by atoms with Crippen LogP contribution in [0.5, 0.6) is 0 Å². The second-order valence-corrected chi connectivity index (χ2v) is 13.4. The summed E-state index contributed by atoms with van der Waals surface area (Å²) < 4.78 is 44.0. The van der Waals surface area contributed by atoms with Crippen molar-refractivity contribution in [2.24, 2.45) is 10.8 Å². The Bertz CT molecular complexity index is 1620. The number of hydrogen-bond acceptors (Lipinski definition) is 16. The third-order valence-electron chi connectivity index (χ3n) is 7.07. The molecule has 1 rings (SSSR count). The predicted molar refractivity (Wildman–Crippen MR) is 219 cm³/mol. The van der Waals surface area contributed by atoms with Crippen LogP contribution >= 0.6 is 45.7 Å². The molecule has 1 aromatic carbocycles. The highest BCUT2D eigenvalue weighted by atomic mass is 127. The Hall–Kier alpha value is -5.52. The lowest BCUT2D eigenvalue weighted by atomic mass is 9.92. The largest absolute Gasteiger partial charge is 0.462 e. The number of ether oxygens (including phenoxy) is 8. The van der Waals surface area contributed by atoms with E-state index in [1.54, 1.807) is 52.7 Å². The molecule has 1 aromatic rings. The van der Waals surface area contributed by atoms with E-state index in [0.29, 0.717) is 11.3 Å². The van der Waals surface area contributed by atoms with Crippen molar-refractivity contribution in [3.05, 3.63) is 99.7 Å². The summed E-state index contributed by atoms with van der Waals surface area (Å²) in [7, 11) is 0. The average Bonchev–Trinajstić information content (AvgIpc) is 3.23. The quantitative estimate of drug-likeness (QED) is 0.0441. The molecule has 0 N–H and O–H groups in total. The van der Waals surface area contributed by atoms with Crippen LogP contribution in [0, 0.1) is 17.8 Å². The lowest BCUT2D eigenvalue weighted by molar-refractivity contribution is -0.161. The molecule has 0 aromatic heterocycles. The van der Waals surface area contributed by atoms with Crippen LogP contribution in [-0.2, 0) is 66.7 Å². The Balaban J connectivity index is 3.28. The molecular weight excluding hydrogens is 982 g/mol. The van der Waals surface area contributed by atoms with Crippen LogP contribution in [0.2, 0.25) is 0 Å². The van der Waals surface area contributed by atoms with E-state index in [9.17, 15) is 38.4 Å². The van der Waals surface area contributed by atoms with E-state index < -0.39 is 112 Å². The molecule has 0 aliphatic heterocycles. The maximum atomic E-state index is 13.3. The van der Waals surface area contributed by atoms with E-state index >= 15 is 0 Å². The fourth-order valence-electron chi connectivity index (χ4n) is 3.93. The van der Waals surface area contributed by atoms with Crippen LogP contribution in [0.4, 0.5) is 21.0 Å². The molecule has 18 nitrogen and oxygen atoms in total. The zero-order chi connectivity index (χ0) is 43.2. The van der Waals surface area contributed by atoms with Crippen molar-refractivity contribution >= 4 is 105 Å². The van der Waals surface area contributed by atoms with E-state index in [1.165, 1.54) is 18.2 Å². The smallest absolute Gasteiger partial charge is 0.423 e. The molecule has 0 saturated carbocycles. The minimum atomic E-state index is -1.57. The van der Waals surface area contributed by atoms with E-state index in [4.69, 9.17) is 37.9 Å². The van der Waals surface area contributed by atoms with Gasteiger partial charge in [-0.2, -0.15) is 0 Å². The fourth-order valence-corrected chi connectivity index (χ4v) is 5.05. The first-order valence-corrected chi connectivity index (χ1v) is 18.0. The molecule has 0 atom stereocenters. The number of anilines is 2. The van der Waals surface area contributed by atoms with Gasteiger partial charge in [0.05, 0.1) is 57.1 Å². The molecule has 2 amide bonds. The highest BCUT2D eigenvalue weighted by Crippen LogP contribution is 2.32. The molecule has 0 heterocycles. The summed E-state index contributed by atoms with van der Waals surface area (Å²) in [5, 5.41) is 0.